The number of rotatable bonds is 6. The molecule has 0 bridgehead atoms. The van der Waals surface area contributed by atoms with Gasteiger partial charge in [0, 0.05) is 30.9 Å². The first-order chi connectivity index (χ1) is 13.4. The number of halogens is 1. The average molecular weight is 379 g/mol. The molecule has 0 saturated carbocycles. The van der Waals surface area contributed by atoms with Crippen molar-refractivity contribution in [2.45, 2.75) is 20.4 Å². The quantitative estimate of drug-likeness (QED) is 0.650. The minimum Gasteiger partial charge on any atom is -0.457 e. The molecule has 0 fully saturated rings. The Morgan fingerprint density at radius 2 is 1.71 bits per heavy atom. The smallest absolute Gasteiger partial charge is 0.244 e. The molecule has 6 heteroatoms. The molecule has 1 N–H and O–H groups in total. The van der Waals surface area contributed by atoms with E-state index < -0.39 is 0 Å². The highest BCUT2D eigenvalue weighted by Crippen LogP contribution is 2.21. The van der Waals surface area contributed by atoms with Gasteiger partial charge in [-0.25, -0.2) is 4.39 Å². The summed E-state index contributed by atoms with van der Waals surface area (Å²) in [6, 6.07) is 13.2. The molecule has 1 amide bonds. The van der Waals surface area contributed by atoms with Crippen LogP contribution >= 0.6 is 0 Å². The van der Waals surface area contributed by atoms with Crippen LogP contribution in [0.5, 0.6) is 11.5 Å². The fourth-order valence-electron chi connectivity index (χ4n) is 2.75. The zero-order valence-corrected chi connectivity index (χ0v) is 16.1. The number of benzene rings is 2. The molecule has 144 valence electrons. The van der Waals surface area contributed by atoms with E-state index >= 15 is 0 Å². The van der Waals surface area contributed by atoms with E-state index in [1.165, 1.54) is 18.2 Å². The molecule has 3 rings (SSSR count). The van der Waals surface area contributed by atoms with Crippen LogP contribution < -0.4 is 10.1 Å². The number of carbonyl (C=O) groups excluding carboxylic acids is 1. The van der Waals surface area contributed by atoms with Crippen molar-refractivity contribution in [1.29, 1.82) is 0 Å². The van der Waals surface area contributed by atoms with Gasteiger partial charge in [-0.3, -0.25) is 9.48 Å². The SMILES string of the molecule is Cc1nn(C)c(C)c1C=CC(=O)NCc1ccc(Oc2ccc(F)cc2)cc1. The van der Waals surface area contributed by atoms with Gasteiger partial charge in [-0.05, 0) is 61.9 Å². The lowest BCUT2D eigenvalue weighted by Gasteiger charge is -2.07. The van der Waals surface area contributed by atoms with Gasteiger partial charge >= 0.3 is 0 Å². The molecule has 0 atom stereocenters. The van der Waals surface area contributed by atoms with Crippen molar-refractivity contribution in [3.8, 4) is 11.5 Å². The molecule has 0 spiro atoms. The van der Waals surface area contributed by atoms with Crippen molar-refractivity contribution in [3.05, 3.63) is 82.9 Å². The third kappa shape index (κ3) is 4.85. The molecule has 0 aliphatic rings. The highest BCUT2D eigenvalue weighted by Gasteiger charge is 2.06. The van der Waals surface area contributed by atoms with Crippen molar-refractivity contribution in [3.63, 3.8) is 0 Å². The summed E-state index contributed by atoms with van der Waals surface area (Å²) in [6.07, 6.45) is 3.30. The number of carbonyl (C=O) groups is 1. The van der Waals surface area contributed by atoms with Crippen LogP contribution in [0, 0.1) is 19.7 Å². The second-order valence-corrected chi connectivity index (χ2v) is 6.46. The Hall–Kier alpha value is -3.41. The molecule has 2 aromatic carbocycles. The minimum absolute atomic E-state index is 0.172. The van der Waals surface area contributed by atoms with Crippen molar-refractivity contribution in [2.24, 2.45) is 7.05 Å². The van der Waals surface area contributed by atoms with Crippen LogP contribution in [0.4, 0.5) is 4.39 Å². The van der Waals surface area contributed by atoms with Gasteiger partial charge in [0.05, 0.1) is 5.69 Å². The zero-order valence-electron chi connectivity index (χ0n) is 16.1. The number of amides is 1. The van der Waals surface area contributed by atoms with Crippen LogP contribution in [0.25, 0.3) is 6.08 Å². The molecule has 0 saturated heterocycles. The maximum atomic E-state index is 12.9. The van der Waals surface area contributed by atoms with Crippen LogP contribution in [0.1, 0.15) is 22.5 Å². The van der Waals surface area contributed by atoms with Crippen molar-refractivity contribution >= 4 is 12.0 Å². The highest BCUT2D eigenvalue weighted by molar-refractivity contribution is 5.91. The third-order valence-electron chi connectivity index (χ3n) is 4.41. The van der Waals surface area contributed by atoms with Gasteiger partial charge in [-0.1, -0.05) is 12.1 Å². The Balaban J connectivity index is 1.53. The van der Waals surface area contributed by atoms with Gasteiger partial charge in [-0.15, -0.1) is 0 Å². The summed E-state index contributed by atoms with van der Waals surface area (Å²) < 4.78 is 20.4. The largest absolute Gasteiger partial charge is 0.457 e. The number of nitrogens with zero attached hydrogens (tertiary/aromatic N) is 2. The number of aromatic nitrogens is 2. The standard InChI is InChI=1S/C22H22FN3O2/c1-15-21(16(2)26(3)25-15)12-13-22(27)24-14-17-4-8-19(9-5-17)28-20-10-6-18(23)7-11-20/h4-13H,14H2,1-3H3,(H,24,27). The Labute approximate surface area is 163 Å². The van der Waals surface area contributed by atoms with Gasteiger partial charge < -0.3 is 10.1 Å². The predicted octanol–water partition coefficient (Wildman–Crippen LogP) is 4.30. The molecular formula is C22H22FN3O2. The molecular weight excluding hydrogens is 357 g/mol. The topological polar surface area (TPSA) is 56.2 Å². The minimum atomic E-state index is -0.304. The van der Waals surface area contributed by atoms with Gasteiger partial charge in [0.15, 0.2) is 0 Å². The first-order valence-electron chi connectivity index (χ1n) is 8.91. The van der Waals surface area contributed by atoms with Gasteiger partial charge in [0.1, 0.15) is 17.3 Å². The van der Waals surface area contributed by atoms with E-state index in [9.17, 15) is 9.18 Å². The lowest BCUT2D eigenvalue weighted by Crippen LogP contribution is -2.20. The molecule has 28 heavy (non-hydrogen) atoms. The molecule has 0 unspecified atom stereocenters. The average Bonchev–Trinajstić information content (AvgIpc) is 2.93. The van der Waals surface area contributed by atoms with E-state index in [1.54, 1.807) is 22.9 Å². The lowest BCUT2D eigenvalue weighted by molar-refractivity contribution is -0.116. The van der Waals surface area contributed by atoms with Crippen molar-refractivity contribution < 1.29 is 13.9 Å². The Morgan fingerprint density at radius 1 is 1.11 bits per heavy atom. The summed E-state index contributed by atoms with van der Waals surface area (Å²) in [5.41, 5.74) is 3.81. The number of hydrogen-bond acceptors (Lipinski definition) is 3. The van der Waals surface area contributed by atoms with Crippen molar-refractivity contribution in [1.82, 2.24) is 15.1 Å². The van der Waals surface area contributed by atoms with Crippen LogP contribution in [-0.2, 0) is 18.4 Å². The summed E-state index contributed by atoms with van der Waals surface area (Å²) in [6.45, 7) is 4.29. The van der Waals surface area contributed by atoms with Crippen LogP contribution in [-0.4, -0.2) is 15.7 Å². The molecule has 0 aliphatic heterocycles. The van der Waals surface area contributed by atoms with E-state index in [1.807, 2.05) is 45.2 Å². The molecule has 1 heterocycles. The highest BCUT2D eigenvalue weighted by atomic mass is 19.1. The van der Waals surface area contributed by atoms with E-state index in [4.69, 9.17) is 4.74 Å². The first kappa shape index (κ1) is 19.4. The summed E-state index contributed by atoms with van der Waals surface area (Å²) in [5, 5.41) is 7.18. The second kappa shape index (κ2) is 8.52. The maximum Gasteiger partial charge on any atom is 0.244 e. The van der Waals surface area contributed by atoms with Crippen LogP contribution in [0.2, 0.25) is 0 Å². The summed E-state index contributed by atoms with van der Waals surface area (Å²) in [5.74, 6) is 0.730. The number of nitrogens with one attached hydrogen (secondary N) is 1. The number of ether oxygens (including phenoxy) is 1. The molecule has 0 aliphatic carbocycles. The molecule has 5 nitrogen and oxygen atoms in total. The van der Waals surface area contributed by atoms with E-state index in [2.05, 4.69) is 10.4 Å². The Kier molecular flexibility index (Phi) is 5.89. The summed E-state index contributed by atoms with van der Waals surface area (Å²) >= 11 is 0. The van der Waals surface area contributed by atoms with Gasteiger partial charge in [0.25, 0.3) is 0 Å². The molecule has 1 aromatic heterocycles. The fourth-order valence-corrected chi connectivity index (χ4v) is 2.75. The first-order valence-corrected chi connectivity index (χ1v) is 8.91. The van der Waals surface area contributed by atoms with Crippen LogP contribution in [0.15, 0.2) is 54.6 Å². The van der Waals surface area contributed by atoms with Crippen molar-refractivity contribution in [2.75, 3.05) is 0 Å². The second-order valence-electron chi connectivity index (χ2n) is 6.46. The van der Waals surface area contributed by atoms with E-state index in [-0.39, 0.29) is 11.7 Å². The summed E-state index contributed by atoms with van der Waals surface area (Å²) in [7, 11) is 1.88. The fraction of sp³-hybridized carbons (Fsp3) is 0.182. The van der Waals surface area contributed by atoms with E-state index in [0.29, 0.717) is 18.0 Å². The molecule has 3 aromatic rings. The number of hydrogen-bond donors (Lipinski definition) is 1. The monoisotopic (exact) mass is 379 g/mol. The zero-order chi connectivity index (χ0) is 20.1. The molecule has 0 radical (unpaired) electrons. The normalized spacial score (nSPS) is 11.0. The van der Waals surface area contributed by atoms with E-state index in [0.717, 1.165) is 22.5 Å². The predicted molar refractivity (Wildman–Crippen MR) is 106 cm³/mol. The Morgan fingerprint density at radius 3 is 2.29 bits per heavy atom. The van der Waals surface area contributed by atoms with Crippen LogP contribution in [0.3, 0.4) is 0 Å². The number of aryl methyl sites for hydroxylation is 2. The van der Waals surface area contributed by atoms with Gasteiger partial charge in [0.2, 0.25) is 5.91 Å². The third-order valence-corrected chi connectivity index (χ3v) is 4.41. The Bertz CT molecular complexity index is 990. The van der Waals surface area contributed by atoms with Gasteiger partial charge in [-0.2, -0.15) is 5.10 Å². The summed E-state index contributed by atoms with van der Waals surface area (Å²) in [4.78, 5) is 12.1. The maximum absolute atomic E-state index is 12.9. The lowest BCUT2D eigenvalue weighted by atomic mass is 10.2.